The van der Waals surface area contributed by atoms with Crippen LogP contribution in [-0.2, 0) is 9.47 Å². The summed E-state index contributed by atoms with van der Waals surface area (Å²) in [4.78, 5) is 17.4. The Morgan fingerprint density at radius 2 is 1.97 bits per heavy atom. The van der Waals surface area contributed by atoms with E-state index < -0.39 is 0 Å². The van der Waals surface area contributed by atoms with Gasteiger partial charge in [0, 0.05) is 31.1 Å². The van der Waals surface area contributed by atoms with Crippen molar-refractivity contribution in [2.45, 2.75) is 77.5 Å². The average Bonchev–Trinajstić information content (AvgIpc) is 2.79. The van der Waals surface area contributed by atoms with Crippen LogP contribution in [0.1, 0.15) is 68.3 Å². The molecule has 0 spiro atoms. The number of methoxy groups -OCH3 is 1. The van der Waals surface area contributed by atoms with E-state index in [4.69, 9.17) is 14.5 Å². The largest absolute Gasteiger partial charge is 0.462 e. The molecule has 170 valence electrons. The summed E-state index contributed by atoms with van der Waals surface area (Å²) >= 11 is 0. The summed E-state index contributed by atoms with van der Waals surface area (Å²) in [6.45, 7) is 6.92. The Bertz CT molecular complexity index is 864. The molecule has 1 fully saturated rings. The number of aromatic nitrogens is 1. The summed E-state index contributed by atoms with van der Waals surface area (Å²) in [6.07, 6.45) is 7.36. The fourth-order valence-electron chi connectivity index (χ4n) is 4.44. The SMILES string of the molecule is CCOC(=O)c1cc2cc(C)ccc2nc1NCC(OC)C(CC)NC1CCCCC1. The molecule has 2 unspecified atom stereocenters. The average molecular weight is 428 g/mol. The van der Waals surface area contributed by atoms with E-state index in [-0.39, 0.29) is 18.1 Å². The fourth-order valence-corrected chi connectivity index (χ4v) is 4.44. The van der Waals surface area contributed by atoms with Gasteiger partial charge in [-0.1, -0.05) is 37.8 Å². The van der Waals surface area contributed by atoms with Gasteiger partial charge in [0.1, 0.15) is 11.4 Å². The molecule has 0 radical (unpaired) electrons. The molecule has 31 heavy (non-hydrogen) atoms. The van der Waals surface area contributed by atoms with Gasteiger partial charge >= 0.3 is 5.97 Å². The van der Waals surface area contributed by atoms with Crippen LogP contribution >= 0.6 is 0 Å². The van der Waals surface area contributed by atoms with Gasteiger partial charge in [0.25, 0.3) is 0 Å². The van der Waals surface area contributed by atoms with E-state index in [0.29, 0.717) is 30.6 Å². The predicted molar refractivity (Wildman–Crippen MR) is 126 cm³/mol. The van der Waals surface area contributed by atoms with Crippen molar-refractivity contribution < 1.29 is 14.3 Å². The zero-order valence-corrected chi connectivity index (χ0v) is 19.4. The third kappa shape index (κ3) is 6.17. The minimum absolute atomic E-state index is 0.0301. The van der Waals surface area contributed by atoms with Gasteiger partial charge in [0.05, 0.1) is 18.2 Å². The van der Waals surface area contributed by atoms with E-state index in [1.54, 1.807) is 7.11 Å². The third-order valence-corrected chi connectivity index (χ3v) is 6.18. The van der Waals surface area contributed by atoms with Gasteiger partial charge in [-0.25, -0.2) is 9.78 Å². The van der Waals surface area contributed by atoms with Gasteiger partial charge < -0.3 is 20.1 Å². The smallest absolute Gasteiger partial charge is 0.341 e. The van der Waals surface area contributed by atoms with Crippen LogP contribution in [0.25, 0.3) is 10.9 Å². The number of esters is 1. The first kappa shape index (κ1) is 23.5. The first-order chi connectivity index (χ1) is 15.0. The molecule has 0 amide bonds. The van der Waals surface area contributed by atoms with Gasteiger partial charge in [-0.2, -0.15) is 0 Å². The maximum atomic E-state index is 12.6. The molecule has 2 aromatic rings. The van der Waals surface area contributed by atoms with Crippen molar-refractivity contribution in [1.82, 2.24) is 10.3 Å². The number of carbonyl (C=O) groups is 1. The number of rotatable bonds is 10. The van der Waals surface area contributed by atoms with Crippen molar-refractivity contribution >= 4 is 22.7 Å². The summed E-state index contributed by atoms with van der Waals surface area (Å²) < 4.78 is 11.1. The first-order valence-corrected chi connectivity index (χ1v) is 11.7. The van der Waals surface area contributed by atoms with Crippen LogP contribution in [0, 0.1) is 6.92 Å². The van der Waals surface area contributed by atoms with Crippen LogP contribution in [0.4, 0.5) is 5.82 Å². The molecule has 0 aliphatic heterocycles. The Morgan fingerprint density at radius 1 is 1.19 bits per heavy atom. The lowest BCUT2D eigenvalue weighted by atomic mass is 9.94. The summed E-state index contributed by atoms with van der Waals surface area (Å²) in [6, 6.07) is 8.73. The maximum absolute atomic E-state index is 12.6. The van der Waals surface area contributed by atoms with E-state index in [1.807, 2.05) is 38.1 Å². The van der Waals surface area contributed by atoms with E-state index >= 15 is 0 Å². The number of fused-ring (bicyclic) bond motifs is 1. The first-order valence-electron chi connectivity index (χ1n) is 11.7. The molecule has 2 N–H and O–H groups in total. The van der Waals surface area contributed by atoms with Gasteiger partial charge in [-0.05, 0) is 51.3 Å². The molecule has 1 aromatic carbocycles. The Kier molecular flexibility index (Phi) is 8.67. The lowest BCUT2D eigenvalue weighted by Crippen LogP contribution is -2.49. The van der Waals surface area contributed by atoms with Crippen molar-refractivity contribution in [2.24, 2.45) is 0 Å². The molecule has 1 saturated carbocycles. The quantitative estimate of drug-likeness (QED) is 0.528. The maximum Gasteiger partial charge on any atom is 0.341 e. The van der Waals surface area contributed by atoms with Crippen molar-refractivity contribution in [3.63, 3.8) is 0 Å². The normalized spacial score (nSPS) is 16.8. The molecule has 1 aliphatic rings. The molecular formula is C25H37N3O3. The molecule has 1 heterocycles. The monoisotopic (exact) mass is 427 g/mol. The second kappa shape index (κ2) is 11.4. The van der Waals surface area contributed by atoms with Gasteiger partial charge in [-0.15, -0.1) is 0 Å². The highest BCUT2D eigenvalue weighted by molar-refractivity contribution is 5.99. The lowest BCUT2D eigenvalue weighted by molar-refractivity contribution is 0.0526. The topological polar surface area (TPSA) is 72.5 Å². The highest BCUT2D eigenvalue weighted by Gasteiger charge is 2.25. The number of nitrogens with one attached hydrogen (secondary N) is 2. The number of ether oxygens (including phenoxy) is 2. The Balaban J connectivity index is 1.78. The van der Waals surface area contributed by atoms with E-state index in [9.17, 15) is 4.79 Å². The molecular weight excluding hydrogens is 390 g/mol. The van der Waals surface area contributed by atoms with Crippen molar-refractivity contribution in [2.75, 3.05) is 25.6 Å². The van der Waals surface area contributed by atoms with Crippen LogP contribution in [0.3, 0.4) is 0 Å². The summed E-state index contributed by atoms with van der Waals surface area (Å²) in [5.41, 5.74) is 2.44. The number of hydrogen-bond donors (Lipinski definition) is 2. The number of aryl methyl sites for hydroxylation is 1. The molecule has 0 saturated heterocycles. The molecule has 6 heteroatoms. The van der Waals surface area contributed by atoms with Crippen LogP contribution in [-0.4, -0.2) is 49.4 Å². The highest BCUT2D eigenvalue weighted by atomic mass is 16.5. The zero-order chi connectivity index (χ0) is 22.2. The van der Waals surface area contributed by atoms with Crippen LogP contribution in [0.5, 0.6) is 0 Å². The molecule has 6 nitrogen and oxygen atoms in total. The summed E-state index contributed by atoms with van der Waals surface area (Å²) in [7, 11) is 1.75. The molecule has 1 aliphatic carbocycles. The minimum atomic E-state index is -0.359. The van der Waals surface area contributed by atoms with Crippen LogP contribution in [0.2, 0.25) is 0 Å². The zero-order valence-electron chi connectivity index (χ0n) is 19.4. The lowest BCUT2D eigenvalue weighted by Gasteiger charge is -2.32. The molecule has 3 rings (SSSR count). The Labute approximate surface area is 186 Å². The molecule has 1 aromatic heterocycles. The predicted octanol–water partition coefficient (Wildman–Crippen LogP) is 4.85. The highest BCUT2D eigenvalue weighted by Crippen LogP contribution is 2.24. The van der Waals surface area contributed by atoms with Crippen LogP contribution < -0.4 is 10.6 Å². The van der Waals surface area contributed by atoms with E-state index in [0.717, 1.165) is 22.9 Å². The van der Waals surface area contributed by atoms with Gasteiger partial charge in [-0.3, -0.25) is 0 Å². The number of anilines is 1. The fraction of sp³-hybridized carbons (Fsp3) is 0.600. The summed E-state index contributed by atoms with van der Waals surface area (Å²) in [5, 5.41) is 8.13. The number of carbonyl (C=O) groups excluding carboxylic acids is 1. The number of benzene rings is 1. The Morgan fingerprint density at radius 3 is 2.65 bits per heavy atom. The van der Waals surface area contributed by atoms with Crippen molar-refractivity contribution in [1.29, 1.82) is 0 Å². The third-order valence-electron chi connectivity index (χ3n) is 6.18. The standard InChI is InChI=1S/C25H37N3O3/c1-5-21(27-19-10-8-7-9-11-19)23(30-4)16-26-24-20(25(29)31-6-2)15-18-14-17(3)12-13-22(18)28-24/h12-15,19,21,23,27H,5-11,16H2,1-4H3,(H,26,28). The summed E-state index contributed by atoms with van der Waals surface area (Å²) in [5.74, 6) is 0.187. The second-order valence-corrected chi connectivity index (χ2v) is 8.47. The number of pyridine rings is 1. The van der Waals surface area contributed by atoms with Gasteiger partial charge in [0.2, 0.25) is 0 Å². The number of hydrogen-bond acceptors (Lipinski definition) is 6. The van der Waals surface area contributed by atoms with Crippen LogP contribution in [0.15, 0.2) is 24.3 Å². The minimum Gasteiger partial charge on any atom is -0.462 e. The van der Waals surface area contributed by atoms with Crippen molar-refractivity contribution in [3.05, 3.63) is 35.4 Å². The second-order valence-electron chi connectivity index (χ2n) is 8.47. The number of nitrogens with zero attached hydrogens (tertiary/aromatic N) is 1. The molecule has 0 bridgehead atoms. The van der Waals surface area contributed by atoms with Gasteiger partial charge in [0.15, 0.2) is 0 Å². The van der Waals surface area contributed by atoms with E-state index in [1.165, 1.54) is 32.1 Å². The Hall–Kier alpha value is -2.18. The van der Waals surface area contributed by atoms with E-state index in [2.05, 4.69) is 17.6 Å². The van der Waals surface area contributed by atoms with Crippen molar-refractivity contribution in [3.8, 4) is 0 Å². The molecule has 2 atom stereocenters.